The highest BCUT2D eigenvalue weighted by Crippen LogP contribution is 2.10. The number of pyridine rings is 1. The molecule has 0 amide bonds. The molecule has 0 saturated heterocycles. The molecule has 0 radical (unpaired) electrons. The summed E-state index contributed by atoms with van der Waals surface area (Å²) in [6.45, 7) is 2.10. The van der Waals surface area contributed by atoms with Gasteiger partial charge in [0.15, 0.2) is 0 Å². The van der Waals surface area contributed by atoms with Gasteiger partial charge in [0.05, 0.1) is 6.07 Å². The van der Waals surface area contributed by atoms with E-state index in [-0.39, 0.29) is 0 Å². The van der Waals surface area contributed by atoms with E-state index in [1.165, 1.54) is 0 Å². The third kappa shape index (κ3) is 3.71. The van der Waals surface area contributed by atoms with Crippen molar-refractivity contribution in [1.29, 1.82) is 5.26 Å². The fraction of sp³-hybridized carbons (Fsp3) is 0.455. The summed E-state index contributed by atoms with van der Waals surface area (Å²) >= 11 is 0. The van der Waals surface area contributed by atoms with Gasteiger partial charge in [0, 0.05) is 18.3 Å². The highest BCUT2D eigenvalue weighted by atomic mass is 14.7. The molecule has 68 valence electrons. The molecule has 0 fully saturated rings. The van der Waals surface area contributed by atoms with Crippen molar-refractivity contribution >= 4 is 0 Å². The molecule has 0 N–H and O–H groups in total. The van der Waals surface area contributed by atoms with Crippen LogP contribution >= 0.6 is 0 Å². The average Bonchev–Trinajstić information content (AvgIpc) is 2.17. The zero-order valence-electron chi connectivity index (χ0n) is 7.90. The van der Waals surface area contributed by atoms with Crippen LogP contribution < -0.4 is 0 Å². The van der Waals surface area contributed by atoms with Crippen molar-refractivity contribution in [2.45, 2.75) is 26.2 Å². The second-order valence-electron chi connectivity index (χ2n) is 3.33. The van der Waals surface area contributed by atoms with Crippen LogP contribution in [-0.4, -0.2) is 4.98 Å². The molecule has 0 bridgehead atoms. The number of hydrogen-bond acceptors (Lipinski definition) is 2. The Morgan fingerprint density at radius 2 is 2.38 bits per heavy atom. The van der Waals surface area contributed by atoms with Gasteiger partial charge < -0.3 is 0 Å². The molecule has 0 aliphatic heterocycles. The average molecular weight is 174 g/mol. The maximum absolute atomic E-state index is 8.47. The Bertz CT molecular complexity index is 274. The largest absolute Gasteiger partial charge is 0.261 e. The van der Waals surface area contributed by atoms with E-state index in [1.807, 2.05) is 24.4 Å². The minimum Gasteiger partial charge on any atom is -0.261 e. The zero-order chi connectivity index (χ0) is 9.52. The van der Waals surface area contributed by atoms with Gasteiger partial charge in [-0.05, 0) is 30.9 Å². The lowest BCUT2D eigenvalue weighted by Crippen LogP contribution is -1.97. The number of hydrogen-bond donors (Lipinski definition) is 0. The van der Waals surface area contributed by atoms with Gasteiger partial charge in [-0.15, -0.1) is 0 Å². The summed E-state index contributed by atoms with van der Waals surface area (Å²) in [5.41, 5.74) is 1.12. The van der Waals surface area contributed by atoms with Crippen LogP contribution in [0.5, 0.6) is 0 Å². The third-order valence-corrected chi connectivity index (χ3v) is 2.06. The van der Waals surface area contributed by atoms with Crippen molar-refractivity contribution in [3.05, 3.63) is 30.1 Å². The second-order valence-corrected chi connectivity index (χ2v) is 3.33. The van der Waals surface area contributed by atoms with Gasteiger partial charge in [0.25, 0.3) is 0 Å². The zero-order valence-corrected chi connectivity index (χ0v) is 7.90. The van der Waals surface area contributed by atoms with Crippen LogP contribution in [-0.2, 0) is 6.42 Å². The first-order valence-corrected chi connectivity index (χ1v) is 4.60. The van der Waals surface area contributed by atoms with Crippen LogP contribution in [0.1, 0.15) is 25.5 Å². The molecule has 1 aromatic heterocycles. The molecule has 1 aromatic rings. The Hall–Kier alpha value is -1.36. The van der Waals surface area contributed by atoms with Crippen LogP contribution in [0, 0.1) is 17.2 Å². The molecule has 2 nitrogen and oxygen atoms in total. The lowest BCUT2D eigenvalue weighted by molar-refractivity contribution is 0.541. The fourth-order valence-electron chi connectivity index (χ4n) is 1.20. The molecule has 1 unspecified atom stereocenters. The predicted octanol–water partition coefficient (Wildman–Crippen LogP) is 2.56. The van der Waals surface area contributed by atoms with Crippen LogP contribution in [0.15, 0.2) is 24.4 Å². The molecule has 0 aromatic carbocycles. The van der Waals surface area contributed by atoms with E-state index in [1.54, 1.807) is 0 Å². The molecule has 1 atom stereocenters. The maximum atomic E-state index is 8.47. The Kier molecular flexibility index (Phi) is 3.98. The monoisotopic (exact) mass is 174 g/mol. The first-order chi connectivity index (χ1) is 6.33. The smallest absolute Gasteiger partial charge is 0.0624 e. The molecular formula is C11H14N2. The number of rotatable bonds is 4. The van der Waals surface area contributed by atoms with Gasteiger partial charge in [-0.2, -0.15) is 5.26 Å². The van der Waals surface area contributed by atoms with Crippen LogP contribution in [0.2, 0.25) is 0 Å². The van der Waals surface area contributed by atoms with Crippen LogP contribution in [0.25, 0.3) is 0 Å². The Morgan fingerprint density at radius 1 is 1.54 bits per heavy atom. The lowest BCUT2D eigenvalue weighted by atomic mass is 10.0. The molecule has 0 spiro atoms. The summed E-state index contributed by atoms with van der Waals surface area (Å²) < 4.78 is 0. The van der Waals surface area contributed by atoms with Crippen molar-refractivity contribution in [1.82, 2.24) is 4.98 Å². The number of nitriles is 1. The highest BCUT2D eigenvalue weighted by molar-refractivity contribution is 5.03. The van der Waals surface area contributed by atoms with Crippen molar-refractivity contribution in [3.63, 3.8) is 0 Å². The molecule has 0 aliphatic rings. The molecule has 2 heteroatoms. The minimum atomic E-state index is 0.479. The number of aryl methyl sites for hydroxylation is 1. The highest BCUT2D eigenvalue weighted by Gasteiger charge is 2.01. The van der Waals surface area contributed by atoms with Crippen molar-refractivity contribution in [3.8, 4) is 6.07 Å². The summed E-state index contributed by atoms with van der Waals surface area (Å²) in [6.07, 6.45) is 4.48. The predicted molar refractivity (Wildman–Crippen MR) is 52.0 cm³/mol. The second kappa shape index (κ2) is 5.31. The summed E-state index contributed by atoms with van der Waals surface area (Å²) in [5.74, 6) is 0.479. The van der Waals surface area contributed by atoms with E-state index in [0.717, 1.165) is 18.5 Å². The third-order valence-electron chi connectivity index (χ3n) is 2.06. The van der Waals surface area contributed by atoms with Gasteiger partial charge >= 0.3 is 0 Å². The standard InChI is InChI=1S/C11H14N2/c1-10(7-8-12)5-6-11-4-2-3-9-13-11/h2-4,9-10H,5-7H2,1H3. The van der Waals surface area contributed by atoms with Crippen LogP contribution in [0.3, 0.4) is 0 Å². The Morgan fingerprint density at radius 3 is 3.00 bits per heavy atom. The summed E-state index contributed by atoms with van der Waals surface area (Å²) in [7, 11) is 0. The summed E-state index contributed by atoms with van der Waals surface area (Å²) in [6, 6.07) is 8.13. The Labute approximate surface area is 79.2 Å². The first kappa shape index (κ1) is 9.73. The fourth-order valence-corrected chi connectivity index (χ4v) is 1.20. The van der Waals surface area contributed by atoms with Gasteiger partial charge in [0.1, 0.15) is 0 Å². The molecular weight excluding hydrogens is 160 g/mol. The van der Waals surface area contributed by atoms with E-state index < -0.39 is 0 Å². The lowest BCUT2D eigenvalue weighted by Gasteiger charge is -2.05. The van der Waals surface area contributed by atoms with E-state index in [2.05, 4.69) is 18.0 Å². The van der Waals surface area contributed by atoms with E-state index in [9.17, 15) is 0 Å². The summed E-state index contributed by atoms with van der Waals surface area (Å²) in [4.78, 5) is 4.23. The van der Waals surface area contributed by atoms with E-state index in [4.69, 9.17) is 5.26 Å². The molecule has 1 rings (SSSR count). The molecule has 1 heterocycles. The summed E-state index contributed by atoms with van der Waals surface area (Å²) in [5, 5.41) is 8.47. The van der Waals surface area contributed by atoms with Gasteiger partial charge in [0.2, 0.25) is 0 Å². The first-order valence-electron chi connectivity index (χ1n) is 4.60. The minimum absolute atomic E-state index is 0.479. The van der Waals surface area contributed by atoms with E-state index >= 15 is 0 Å². The molecule has 0 aliphatic carbocycles. The topological polar surface area (TPSA) is 36.7 Å². The van der Waals surface area contributed by atoms with Gasteiger partial charge in [-0.25, -0.2) is 0 Å². The van der Waals surface area contributed by atoms with E-state index in [0.29, 0.717) is 12.3 Å². The normalized spacial score (nSPS) is 12.0. The quantitative estimate of drug-likeness (QED) is 0.703. The molecule has 0 saturated carbocycles. The van der Waals surface area contributed by atoms with Crippen molar-refractivity contribution in [2.24, 2.45) is 5.92 Å². The molecule has 13 heavy (non-hydrogen) atoms. The van der Waals surface area contributed by atoms with Crippen LogP contribution in [0.4, 0.5) is 0 Å². The number of nitrogens with zero attached hydrogens (tertiary/aromatic N) is 2. The van der Waals surface area contributed by atoms with Gasteiger partial charge in [-0.3, -0.25) is 4.98 Å². The van der Waals surface area contributed by atoms with Gasteiger partial charge in [-0.1, -0.05) is 13.0 Å². The van der Waals surface area contributed by atoms with Crippen molar-refractivity contribution in [2.75, 3.05) is 0 Å². The SMILES string of the molecule is CC(CC#N)CCc1ccccn1. The number of aromatic nitrogens is 1. The Balaban J connectivity index is 2.32. The maximum Gasteiger partial charge on any atom is 0.0624 e. The van der Waals surface area contributed by atoms with Crippen molar-refractivity contribution < 1.29 is 0 Å².